The molecule has 2 atom stereocenters. The molecule has 1 rings (SSSR count). The molecule has 0 amide bonds. The van der Waals surface area contributed by atoms with Gasteiger partial charge in [0.25, 0.3) is 0 Å². The van der Waals surface area contributed by atoms with Crippen molar-refractivity contribution in [3.05, 3.63) is 12.2 Å². The second kappa shape index (κ2) is 6.17. The summed E-state index contributed by atoms with van der Waals surface area (Å²) in [6.45, 7) is 5.09. The summed E-state index contributed by atoms with van der Waals surface area (Å²) in [5, 5.41) is 0. The van der Waals surface area contributed by atoms with E-state index in [0.717, 1.165) is 32.3 Å². The molecule has 0 bridgehead atoms. The maximum atomic E-state index is 5.71. The average molecular weight is 184 g/mol. The highest BCUT2D eigenvalue weighted by atomic mass is 16.7. The monoisotopic (exact) mass is 184 g/mol. The highest BCUT2D eigenvalue weighted by Crippen LogP contribution is 2.17. The lowest BCUT2D eigenvalue weighted by Crippen LogP contribution is -2.31. The Morgan fingerprint density at radius 3 is 2.85 bits per heavy atom. The minimum absolute atomic E-state index is 0.0359. The van der Waals surface area contributed by atoms with Crippen LogP contribution in [0.2, 0.25) is 0 Å². The van der Waals surface area contributed by atoms with Gasteiger partial charge in [-0.1, -0.05) is 26.0 Å². The molecule has 2 nitrogen and oxygen atoms in total. The first-order valence-electron chi connectivity index (χ1n) is 5.28. The zero-order valence-electron chi connectivity index (χ0n) is 8.66. The fourth-order valence-corrected chi connectivity index (χ4v) is 1.46. The number of ether oxygens (including phenoxy) is 2. The quantitative estimate of drug-likeness (QED) is 0.625. The molecule has 1 saturated heterocycles. The highest BCUT2D eigenvalue weighted by molar-refractivity contribution is 4.84. The van der Waals surface area contributed by atoms with Crippen molar-refractivity contribution in [2.75, 3.05) is 6.61 Å². The molecule has 13 heavy (non-hydrogen) atoms. The van der Waals surface area contributed by atoms with Gasteiger partial charge < -0.3 is 9.47 Å². The van der Waals surface area contributed by atoms with Crippen molar-refractivity contribution in [2.24, 2.45) is 0 Å². The zero-order chi connectivity index (χ0) is 9.52. The van der Waals surface area contributed by atoms with Crippen molar-refractivity contribution in [3.63, 3.8) is 0 Å². The van der Waals surface area contributed by atoms with Gasteiger partial charge in [0, 0.05) is 0 Å². The average Bonchev–Trinajstić information content (AvgIpc) is 2.19. The van der Waals surface area contributed by atoms with E-state index in [2.05, 4.69) is 26.0 Å². The predicted octanol–water partition coefficient (Wildman–Crippen LogP) is 2.88. The van der Waals surface area contributed by atoms with E-state index in [1.807, 2.05) is 0 Å². The number of hydrogen-bond acceptors (Lipinski definition) is 2. The molecule has 2 heteroatoms. The maximum absolute atomic E-state index is 5.71. The molecule has 2 unspecified atom stereocenters. The lowest BCUT2D eigenvalue weighted by molar-refractivity contribution is -0.211. The van der Waals surface area contributed by atoms with E-state index < -0.39 is 0 Å². The molecule has 1 aliphatic rings. The standard InChI is InChI=1S/C11H20O2/c1-3-5-6-7-10-8-9-12-11(4-2)13-10/h5-6,10-11H,3-4,7-9H2,1-2H3. The lowest BCUT2D eigenvalue weighted by atomic mass is 10.1. The Labute approximate surface area is 80.9 Å². The number of hydrogen-bond donors (Lipinski definition) is 0. The third-order valence-electron chi connectivity index (χ3n) is 2.22. The molecule has 0 spiro atoms. The minimum atomic E-state index is 0.0359. The van der Waals surface area contributed by atoms with Crippen molar-refractivity contribution in [3.8, 4) is 0 Å². The van der Waals surface area contributed by atoms with Crippen LogP contribution in [0.1, 0.15) is 39.5 Å². The van der Waals surface area contributed by atoms with E-state index in [9.17, 15) is 0 Å². The zero-order valence-corrected chi connectivity index (χ0v) is 8.66. The van der Waals surface area contributed by atoms with Crippen LogP contribution in [0.15, 0.2) is 12.2 Å². The fourth-order valence-electron chi connectivity index (χ4n) is 1.46. The van der Waals surface area contributed by atoms with E-state index in [4.69, 9.17) is 9.47 Å². The summed E-state index contributed by atoms with van der Waals surface area (Å²) in [6.07, 6.45) is 8.95. The van der Waals surface area contributed by atoms with Crippen molar-refractivity contribution < 1.29 is 9.47 Å². The van der Waals surface area contributed by atoms with E-state index in [1.165, 1.54) is 0 Å². The first-order valence-corrected chi connectivity index (χ1v) is 5.28. The van der Waals surface area contributed by atoms with Crippen LogP contribution in [0.3, 0.4) is 0 Å². The summed E-state index contributed by atoms with van der Waals surface area (Å²) in [4.78, 5) is 0. The molecular weight excluding hydrogens is 164 g/mol. The molecule has 1 heterocycles. The van der Waals surface area contributed by atoms with Gasteiger partial charge in [0.2, 0.25) is 0 Å². The van der Waals surface area contributed by atoms with Crippen LogP contribution >= 0.6 is 0 Å². The summed E-state index contributed by atoms with van der Waals surface area (Å²) in [5.74, 6) is 0. The molecular formula is C11H20O2. The van der Waals surface area contributed by atoms with Gasteiger partial charge in [0.15, 0.2) is 6.29 Å². The van der Waals surface area contributed by atoms with E-state index in [0.29, 0.717) is 6.10 Å². The highest BCUT2D eigenvalue weighted by Gasteiger charge is 2.19. The normalized spacial score (nSPS) is 29.7. The molecule has 0 N–H and O–H groups in total. The van der Waals surface area contributed by atoms with Crippen LogP contribution in [-0.4, -0.2) is 19.0 Å². The molecule has 0 radical (unpaired) electrons. The van der Waals surface area contributed by atoms with Crippen LogP contribution in [0, 0.1) is 0 Å². The first kappa shape index (κ1) is 10.7. The van der Waals surface area contributed by atoms with Crippen LogP contribution in [-0.2, 0) is 9.47 Å². The number of allylic oxidation sites excluding steroid dienone is 1. The second-order valence-corrected chi connectivity index (χ2v) is 3.37. The Kier molecular flexibility index (Phi) is 5.09. The molecule has 76 valence electrons. The van der Waals surface area contributed by atoms with Crippen LogP contribution in [0.4, 0.5) is 0 Å². The topological polar surface area (TPSA) is 18.5 Å². The molecule has 0 saturated carbocycles. The van der Waals surface area contributed by atoms with Crippen molar-refractivity contribution >= 4 is 0 Å². The molecule has 1 fully saturated rings. The maximum Gasteiger partial charge on any atom is 0.157 e. The Morgan fingerprint density at radius 1 is 1.31 bits per heavy atom. The van der Waals surface area contributed by atoms with Crippen molar-refractivity contribution in [2.45, 2.75) is 51.9 Å². The van der Waals surface area contributed by atoms with Crippen LogP contribution in [0.25, 0.3) is 0 Å². The van der Waals surface area contributed by atoms with E-state index >= 15 is 0 Å². The van der Waals surface area contributed by atoms with Gasteiger partial charge in [-0.2, -0.15) is 0 Å². The Hall–Kier alpha value is -0.340. The fraction of sp³-hybridized carbons (Fsp3) is 0.818. The summed E-state index contributed by atoms with van der Waals surface area (Å²) >= 11 is 0. The second-order valence-electron chi connectivity index (χ2n) is 3.37. The predicted molar refractivity (Wildman–Crippen MR) is 53.6 cm³/mol. The van der Waals surface area contributed by atoms with Crippen molar-refractivity contribution in [1.29, 1.82) is 0 Å². The minimum Gasteiger partial charge on any atom is -0.353 e. The largest absolute Gasteiger partial charge is 0.353 e. The summed E-state index contributed by atoms with van der Waals surface area (Å²) < 4.78 is 11.1. The summed E-state index contributed by atoms with van der Waals surface area (Å²) in [5.41, 5.74) is 0. The van der Waals surface area contributed by atoms with Gasteiger partial charge in [-0.05, 0) is 25.7 Å². The molecule has 0 aromatic rings. The Morgan fingerprint density at radius 2 is 2.15 bits per heavy atom. The Bertz CT molecular complexity index is 154. The van der Waals surface area contributed by atoms with Gasteiger partial charge in [0.1, 0.15) is 0 Å². The third-order valence-corrected chi connectivity index (χ3v) is 2.22. The Balaban J connectivity index is 2.21. The number of rotatable bonds is 4. The van der Waals surface area contributed by atoms with Gasteiger partial charge in [0.05, 0.1) is 12.7 Å². The van der Waals surface area contributed by atoms with E-state index in [1.54, 1.807) is 0 Å². The molecule has 0 aromatic heterocycles. The van der Waals surface area contributed by atoms with Gasteiger partial charge >= 0.3 is 0 Å². The van der Waals surface area contributed by atoms with Gasteiger partial charge in [-0.25, -0.2) is 0 Å². The van der Waals surface area contributed by atoms with E-state index in [-0.39, 0.29) is 6.29 Å². The molecule has 0 aliphatic carbocycles. The van der Waals surface area contributed by atoms with Crippen molar-refractivity contribution in [1.82, 2.24) is 0 Å². The summed E-state index contributed by atoms with van der Waals surface area (Å²) in [7, 11) is 0. The van der Waals surface area contributed by atoms with Gasteiger partial charge in [-0.3, -0.25) is 0 Å². The smallest absolute Gasteiger partial charge is 0.157 e. The SMILES string of the molecule is CCC=CCC1CCOC(CC)O1. The lowest BCUT2D eigenvalue weighted by Gasteiger charge is -2.29. The molecule has 0 aromatic carbocycles. The van der Waals surface area contributed by atoms with Gasteiger partial charge in [-0.15, -0.1) is 0 Å². The molecule has 1 aliphatic heterocycles. The first-order chi connectivity index (χ1) is 6.36. The summed E-state index contributed by atoms with van der Waals surface area (Å²) in [6, 6.07) is 0. The third kappa shape index (κ3) is 3.92. The van der Waals surface area contributed by atoms with Crippen LogP contribution in [0.5, 0.6) is 0 Å². The van der Waals surface area contributed by atoms with Crippen LogP contribution < -0.4 is 0 Å².